The number of hydrogen-bond donors (Lipinski definition) is 2. The third kappa shape index (κ3) is 4.70. The molecule has 0 aliphatic rings. The van der Waals surface area contributed by atoms with Gasteiger partial charge in [0.1, 0.15) is 11.3 Å². The Bertz CT molecular complexity index is 1710. The number of nitrogens with one attached hydrogen (secondary N) is 2. The highest BCUT2D eigenvalue weighted by molar-refractivity contribution is 9.10. The Kier molecular flexibility index (Phi) is 6.70. The second kappa shape index (κ2) is 9.95. The van der Waals surface area contributed by atoms with Gasteiger partial charge < -0.3 is 14.5 Å². The van der Waals surface area contributed by atoms with Gasteiger partial charge in [-0.1, -0.05) is 36.4 Å². The van der Waals surface area contributed by atoms with Gasteiger partial charge in [0.25, 0.3) is 5.91 Å². The van der Waals surface area contributed by atoms with E-state index in [0.29, 0.717) is 21.7 Å². The number of halogens is 1. The molecule has 0 aliphatic carbocycles. The number of carbonyl (C=O) groups is 1. The fourth-order valence-electron chi connectivity index (χ4n) is 4.47. The van der Waals surface area contributed by atoms with Crippen molar-refractivity contribution in [2.45, 2.75) is 20.8 Å². The highest BCUT2D eigenvalue weighted by Crippen LogP contribution is 2.37. The Morgan fingerprint density at radius 2 is 1.84 bits per heavy atom. The van der Waals surface area contributed by atoms with Crippen LogP contribution in [0.5, 0.6) is 5.75 Å². The van der Waals surface area contributed by atoms with Crippen LogP contribution in [0.25, 0.3) is 33.3 Å². The molecule has 0 bridgehead atoms. The number of methoxy groups -OCH3 is 1. The molecule has 5 aromatic rings. The highest BCUT2D eigenvalue weighted by atomic mass is 79.9. The lowest BCUT2D eigenvalue weighted by Crippen LogP contribution is -2.34. The van der Waals surface area contributed by atoms with E-state index in [2.05, 4.69) is 32.6 Å². The quantitative estimate of drug-likeness (QED) is 0.217. The van der Waals surface area contributed by atoms with Gasteiger partial charge in [0.15, 0.2) is 10.7 Å². The number of ether oxygens (including phenoxy) is 1. The van der Waals surface area contributed by atoms with Crippen molar-refractivity contribution in [2.24, 2.45) is 0 Å². The van der Waals surface area contributed by atoms with Gasteiger partial charge >= 0.3 is 0 Å². The van der Waals surface area contributed by atoms with Gasteiger partial charge in [-0.3, -0.25) is 10.1 Å². The first-order valence-corrected chi connectivity index (χ1v) is 12.8. The number of oxazole rings is 1. The summed E-state index contributed by atoms with van der Waals surface area (Å²) < 4.78 is 12.4. The van der Waals surface area contributed by atoms with Crippen LogP contribution in [0, 0.1) is 20.8 Å². The molecule has 0 radical (unpaired) electrons. The van der Waals surface area contributed by atoms with Crippen LogP contribution in [0.1, 0.15) is 27.0 Å². The summed E-state index contributed by atoms with van der Waals surface area (Å²) >= 11 is 9.06. The van der Waals surface area contributed by atoms with Gasteiger partial charge in [-0.05, 0) is 101 Å². The van der Waals surface area contributed by atoms with E-state index in [1.54, 1.807) is 6.07 Å². The average Bonchev–Trinajstić information content (AvgIpc) is 3.29. The fraction of sp³-hybridized carbons (Fsp3) is 0.138. The summed E-state index contributed by atoms with van der Waals surface area (Å²) in [6.07, 6.45) is 0. The largest absolute Gasteiger partial charge is 0.495 e. The number of anilines is 1. The van der Waals surface area contributed by atoms with Crippen molar-refractivity contribution < 1.29 is 13.9 Å². The zero-order chi connectivity index (χ0) is 26.3. The molecule has 4 aromatic carbocycles. The van der Waals surface area contributed by atoms with Crippen molar-refractivity contribution in [1.29, 1.82) is 0 Å². The van der Waals surface area contributed by atoms with E-state index < -0.39 is 0 Å². The minimum atomic E-state index is -0.376. The number of rotatable bonds is 4. The van der Waals surface area contributed by atoms with Crippen molar-refractivity contribution in [1.82, 2.24) is 10.3 Å². The second-order valence-corrected chi connectivity index (χ2v) is 10.0. The summed E-state index contributed by atoms with van der Waals surface area (Å²) in [5.41, 5.74) is 6.62. The minimum absolute atomic E-state index is 0.167. The topological polar surface area (TPSA) is 76.4 Å². The molecule has 0 aliphatic heterocycles. The lowest BCUT2D eigenvalue weighted by atomic mass is 10.1. The highest BCUT2D eigenvalue weighted by Gasteiger charge is 2.20. The molecule has 186 valence electrons. The summed E-state index contributed by atoms with van der Waals surface area (Å²) in [4.78, 5) is 17.9. The lowest BCUT2D eigenvalue weighted by Gasteiger charge is -2.16. The number of fused-ring (bicyclic) bond motifs is 2. The van der Waals surface area contributed by atoms with Crippen LogP contribution < -0.4 is 15.4 Å². The third-order valence-corrected chi connectivity index (χ3v) is 7.24. The van der Waals surface area contributed by atoms with Crippen molar-refractivity contribution in [3.8, 4) is 17.2 Å². The van der Waals surface area contributed by atoms with Gasteiger partial charge in [-0.2, -0.15) is 0 Å². The van der Waals surface area contributed by atoms with Gasteiger partial charge in [-0.25, -0.2) is 4.98 Å². The first-order valence-electron chi connectivity index (χ1n) is 11.6. The van der Waals surface area contributed by atoms with Crippen LogP contribution in [0.4, 0.5) is 5.69 Å². The molecule has 1 heterocycles. The van der Waals surface area contributed by atoms with E-state index in [-0.39, 0.29) is 11.0 Å². The molecule has 0 saturated carbocycles. The Morgan fingerprint density at radius 3 is 2.62 bits per heavy atom. The minimum Gasteiger partial charge on any atom is -0.495 e. The van der Waals surface area contributed by atoms with Crippen LogP contribution in [-0.2, 0) is 0 Å². The molecule has 0 atom stereocenters. The molecule has 0 fully saturated rings. The molecule has 1 aromatic heterocycles. The fourth-order valence-corrected chi connectivity index (χ4v) is 5.41. The van der Waals surface area contributed by atoms with Gasteiger partial charge in [0.2, 0.25) is 5.89 Å². The molecule has 0 saturated heterocycles. The van der Waals surface area contributed by atoms with Crippen LogP contribution in [-0.4, -0.2) is 23.1 Å². The second-order valence-electron chi connectivity index (χ2n) is 8.83. The van der Waals surface area contributed by atoms with Crippen molar-refractivity contribution >= 4 is 66.7 Å². The summed E-state index contributed by atoms with van der Waals surface area (Å²) in [6, 6.07) is 19.4. The normalized spacial score (nSPS) is 11.1. The van der Waals surface area contributed by atoms with Crippen LogP contribution in [0.3, 0.4) is 0 Å². The number of benzene rings is 4. The van der Waals surface area contributed by atoms with E-state index in [1.165, 1.54) is 7.11 Å². The Hall–Kier alpha value is -3.75. The maximum atomic E-state index is 13.2. The zero-order valence-electron chi connectivity index (χ0n) is 20.7. The van der Waals surface area contributed by atoms with Crippen molar-refractivity contribution in [2.75, 3.05) is 12.4 Å². The van der Waals surface area contributed by atoms with E-state index in [9.17, 15) is 4.79 Å². The first kappa shape index (κ1) is 24.9. The Labute approximate surface area is 228 Å². The molecule has 1 amide bonds. The zero-order valence-corrected chi connectivity index (χ0v) is 23.1. The van der Waals surface area contributed by atoms with E-state index in [0.717, 1.165) is 49.8 Å². The smallest absolute Gasteiger partial charge is 0.261 e. The van der Waals surface area contributed by atoms with Gasteiger partial charge in [0.05, 0.1) is 17.1 Å². The molecular weight excluding hydrogens is 550 g/mol. The van der Waals surface area contributed by atoms with Crippen LogP contribution in [0.2, 0.25) is 0 Å². The SMILES string of the molecule is COc1c(C(=O)NC(=S)Nc2cccc(-c3nc4cc(C)cc(C)c4o3)c2C)cc2ccccc2c1Br. The molecule has 0 unspecified atom stereocenters. The summed E-state index contributed by atoms with van der Waals surface area (Å²) in [5.74, 6) is 0.601. The van der Waals surface area contributed by atoms with E-state index >= 15 is 0 Å². The summed E-state index contributed by atoms with van der Waals surface area (Å²) in [5, 5.41) is 7.94. The predicted octanol–water partition coefficient (Wildman–Crippen LogP) is 7.47. The van der Waals surface area contributed by atoms with Crippen LogP contribution in [0.15, 0.2) is 69.6 Å². The molecule has 0 spiro atoms. The maximum absolute atomic E-state index is 13.2. The number of aromatic nitrogens is 1. The number of thiocarbonyl (C=S) groups is 1. The Balaban J connectivity index is 1.40. The molecule has 8 heteroatoms. The molecule has 37 heavy (non-hydrogen) atoms. The van der Waals surface area contributed by atoms with Crippen molar-refractivity contribution in [3.05, 3.63) is 87.4 Å². The maximum Gasteiger partial charge on any atom is 0.261 e. The molecule has 5 rings (SSSR count). The molecular formula is C29H24BrN3O3S. The summed E-state index contributed by atoms with van der Waals surface area (Å²) in [7, 11) is 1.53. The van der Waals surface area contributed by atoms with Crippen molar-refractivity contribution in [3.63, 3.8) is 0 Å². The monoisotopic (exact) mass is 573 g/mol. The van der Waals surface area contributed by atoms with Gasteiger partial charge in [-0.15, -0.1) is 0 Å². The standard InChI is InChI=1S/C29H24BrN3O3S/c1-15-12-16(2)25-23(13-15)31-28(36-25)19-10-7-11-22(17(19)3)32-29(37)33-27(34)21-14-18-8-5-6-9-20(18)24(30)26(21)35-4/h5-14H,1-4H3,(H2,32,33,34,37). The molecule has 6 nitrogen and oxygen atoms in total. The first-order chi connectivity index (χ1) is 17.8. The number of amides is 1. The van der Waals surface area contributed by atoms with E-state index in [4.69, 9.17) is 26.4 Å². The lowest BCUT2D eigenvalue weighted by molar-refractivity contribution is 0.0975. The van der Waals surface area contributed by atoms with Crippen LogP contribution >= 0.6 is 28.1 Å². The predicted molar refractivity (Wildman–Crippen MR) is 156 cm³/mol. The van der Waals surface area contributed by atoms with Gasteiger partial charge in [0, 0.05) is 11.3 Å². The number of aryl methyl sites for hydroxylation is 2. The number of hydrogen-bond acceptors (Lipinski definition) is 5. The molecule has 2 N–H and O–H groups in total. The summed E-state index contributed by atoms with van der Waals surface area (Å²) in [6.45, 7) is 6.01. The number of nitrogens with zero attached hydrogens (tertiary/aromatic N) is 1. The average molecular weight is 575 g/mol. The Morgan fingerprint density at radius 1 is 1.05 bits per heavy atom. The number of carbonyl (C=O) groups excluding carboxylic acids is 1. The van der Waals surface area contributed by atoms with E-state index in [1.807, 2.05) is 69.3 Å². The third-order valence-electron chi connectivity index (χ3n) is 6.25.